The van der Waals surface area contributed by atoms with Crippen molar-refractivity contribution in [2.75, 3.05) is 6.54 Å². The van der Waals surface area contributed by atoms with Crippen LogP contribution < -0.4 is 5.32 Å². The number of aromatic nitrogens is 1. The summed E-state index contributed by atoms with van der Waals surface area (Å²) in [6.45, 7) is 6.58. The highest BCUT2D eigenvalue weighted by Crippen LogP contribution is 2.10. The molecule has 0 fully saturated rings. The molecule has 0 bridgehead atoms. The summed E-state index contributed by atoms with van der Waals surface area (Å²) in [6, 6.07) is 0. The lowest BCUT2D eigenvalue weighted by Gasteiger charge is -2.13. The van der Waals surface area contributed by atoms with Crippen molar-refractivity contribution in [3.05, 3.63) is 16.1 Å². The lowest BCUT2D eigenvalue weighted by molar-refractivity contribution is -0.121. The van der Waals surface area contributed by atoms with E-state index in [9.17, 15) is 4.79 Å². The van der Waals surface area contributed by atoms with Crippen molar-refractivity contribution in [2.45, 2.75) is 32.4 Å². The predicted molar refractivity (Wildman–Crippen MR) is 71.2 cm³/mol. The molecule has 3 nitrogen and oxygen atoms in total. The van der Waals surface area contributed by atoms with Crippen molar-refractivity contribution >= 4 is 29.9 Å². The second-order valence-corrected chi connectivity index (χ2v) is 5.61. The molecule has 1 aromatic rings. The van der Waals surface area contributed by atoms with Crippen LogP contribution >= 0.6 is 24.0 Å². The van der Waals surface area contributed by atoms with Crippen molar-refractivity contribution < 1.29 is 4.79 Å². The van der Waals surface area contributed by atoms with Gasteiger partial charge in [0.1, 0.15) is 0 Å². The van der Waals surface area contributed by atoms with Crippen LogP contribution in [0.4, 0.5) is 0 Å². The summed E-state index contributed by atoms with van der Waals surface area (Å²) in [5, 5.41) is 5.74. The SMILES string of the molecule is Cc1csc(CCNC(=O)C(S)C(C)C)n1. The minimum atomic E-state index is -0.224. The Kier molecular flexibility index (Phi) is 5.28. The van der Waals surface area contributed by atoms with E-state index in [4.69, 9.17) is 0 Å². The molecule has 1 N–H and O–H groups in total. The first-order chi connectivity index (χ1) is 7.50. The molecule has 0 aliphatic rings. The Morgan fingerprint density at radius 2 is 2.31 bits per heavy atom. The van der Waals surface area contributed by atoms with Crippen LogP contribution in [0.5, 0.6) is 0 Å². The number of aryl methyl sites for hydroxylation is 1. The molecule has 90 valence electrons. The minimum absolute atomic E-state index is 0.00612. The van der Waals surface area contributed by atoms with E-state index in [-0.39, 0.29) is 17.1 Å². The fourth-order valence-corrected chi connectivity index (χ4v) is 2.08. The number of carbonyl (C=O) groups excluding carboxylic acids is 1. The highest BCUT2D eigenvalue weighted by Gasteiger charge is 2.16. The summed E-state index contributed by atoms with van der Waals surface area (Å²) in [6.07, 6.45) is 0.794. The van der Waals surface area contributed by atoms with Gasteiger partial charge >= 0.3 is 0 Å². The number of hydrogen-bond donors (Lipinski definition) is 2. The summed E-state index contributed by atoms with van der Waals surface area (Å²) in [5.41, 5.74) is 1.04. The molecule has 16 heavy (non-hydrogen) atoms. The topological polar surface area (TPSA) is 42.0 Å². The van der Waals surface area contributed by atoms with E-state index >= 15 is 0 Å². The molecule has 0 aromatic carbocycles. The second kappa shape index (κ2) is 6.25. The number of nitrogens with one attached hydrogen (secondary N) is 1. The van der Waals surface area contributed by atoms with Crippen LogP contribution in [0.15, 0.2) is 5.38 Å². The molecule has 1 amide bonds. The van der Waals surface area contributed by atoms with E-state index < -0.39 is 0 Å². The number of rotatable bonds is 5. The van der Waals surface area contributed by atoms with E-state index in [0.717, 1.165) is 17.1 Å². The summed E-state index contributed by atoms with van der Waals surface area (Å²) in [5.74, 6) is 0.261. The van der Waals surface area contributed by atoms with Gasteiger partial charge in [-0.15, -0.1) is 11.3 Å². The van der Waals surface area contributed by atoms with E-state index in [0.29, 0.717) is 6.54 Å². The second-order valence-electron chi connectivity index (χ2n) is 4.11. The van der Waals surface area contributed by atoms with E-state index in [1.165, 1.54) is 0 Å². The zero-order valence-corrected chi connectivity index (χ0v) is 11.6. The third kappa shape index (κ3) is 4.14. The lowest BCUT2D eigenvalue weighted by atomic mass is 10.1. The largest absolute Gasteiger partial charge is 0.355 e. The third-order valence-corrected chi connectivity index (χ3v) is 4.06. The molecule has 0 radical (unpaired) electrons. The Morgan fingerprint density at radius 1 is 1.62 bits per heavy atom. The zero-order valence-electron chi connectivity index (χ0n) is 9.86. The van der Waals surface area contributed by atoms with Crippen molar-refractivity contribution in [2.24, 2.45) is 5.92 Å². The van der Waals surface area contributed by atoms with Crippen molar-refractivity contribution in [3.8, 4) is 0 Å². The van der Waals surface area contributed by atoms with Gasteiger partial charge in [0.15, 0.2) is 0 Å². The number of thiol groups is 1. The summed E-state index contributed by atoms with van der Waals surface area (Å²) in [4.78, 5) is 15.9. The average Bonchev–Trinajstić information content (AvgIpc) is 2.62. The van der Waals surface area contributed by atoms with Crippen molar-refractivity contribution in [3.63, 3.8) is 0 Å². The first-order valence-electron chi connectivity index (χ1n) is 5.37. The highest BCUT2D eigenvalue weighted by molar-refractivity contribution is 7.81. The molecule has 0 spiro atoms. The lowest BCUT2D eigenvalue weighted by Crippen LogP contribution is -2.35. The normalized spacial score (nSPS) is 12.8. The molecule has 1 rings (SSSR count). The van der Waals surface area contributed by atoms with Gasteiger partial charge in [-0.3, -0.25) is 4.79 Å². The Balaban J connectivity index is 2.28. The first kappa shape index (κ1) is 13.5. The molecule has 0 saturated heterocycles. The average molecular weight is 258 g/mol. The first-order valence-corrected chi connectivity index (χ1v) is 6.77. The van der Waals surface area contributed by atoms with E-state index in [1.54, 1.807) is 11.3 Å². The molecular weight excluding hydrogens is 240 g/mol. The monoisotopic (exact) mass is 258 g/mol. The van der Waals surface area contributed by atoms with Crippen LogP contribution in [0.3, 0.4) is 0 Å². The minimum Gasteiger partial charge on any atom is -0.355 e. The Bertz CT molecular complexity index is 350. The van der Waals surface area contributed by atoms with Gasteiger partial charge in [-0.1, -0.05) is 13.8 Å². The van der Waals surface area contributed by atoms with Gasteiger partial charge in [0.2, 0.25) is 5.91 Å². The van der Waals surface area contributed by atoms with Gasteiger partial charge in [0.05, 0.1) is 10.3 Å². The van der Waals surface area contributed by atoms with Crippen LogP contribution in [0.1, 0.15) is 24.5 Å². The number of amides is 1. The van der Waals surface area contributed by atoms with Crippen molar-refractivity contribution in [1.82, 2.24) is 10.3 Å². The fourth-order valence-electron chi connectivity index (χ4n) is 1.22. The van der Waals surface area contributed by atoms with Crippen molar-refractivity contribution in [1.29, 1.82) is 0 Å². The van der Waals surface area contributed by atoms with Gasteiger partial charge in [-0.2, -0.15) is 12.6 Å². The number of nitrogens with zero attached hydrogens (tertiary/aromatic N) is 1. The highest BCUT2D eigenvalue weighted by atomic mass is 32.1. The van der Waals surface area contributed by atoms with Crippen LogP contribution in [0.25, 0.3) is 0 Å². The fraction of sp³-hybridized carbons (Fsp3) is 0.636. The van der Waals surface area contributed by atoms with Crippen LogP contribution in [0, 0.1) is 12.8 Å². The van der Waals surface area contributed by atoms with Crippen LogP contribution in [0.2, 0.25) is 0 Å². The summed E-state index contributed by atoms with van der Waals surface area (Å²) >= 11 is 5.89. The van der Waals surface area contributed by atoms with Crippen LogP contribution in [-0.4, -0.2) is 22.7 Å². The quantitative estimate of drug-likeness (QED) is 0.794. The van der Waals surface area contributed by atoms with Gasteiger partial charge in [0.25, 0.3) is 0 Å². The standard InChI is InChI=1S/C11H18N2OS2/c1-7(2)10(15)11(14)12-5-4-9-13-8(3)6-16-9/h6-7,10,15H,4-5H2,1-3H3,(H,12,14). The smallest absolute Gasteiger partial charge is 0.233 e. The van der Waals surface area contributed by atoms with Gasteiger partial charge in [0, 0.05) is 24.0 Å². The zero-order chi connectivity index (χ0) is 12.1. The number of hydrogen-bond acceptors (Lipinski definition) is 4. The number of carbonyl (C=O) groups is 1. The number of thiazole rings is 1. The van der Waals surface area contributed by atoms with Gasteiger partial charge < -0.3 is 5.32 Å². The Hall–Kier alpha value is -0.550. The van der Waals surface area contributed by atoms with E-state index in [1.807, 2.05) is 26.2 Å². The third-order valence-electron chi connectivity index (χ3n) is 2.20. The Labute approximate surface area is 106 Å². The van der Waals surface area contributed by atoms with Gasteiger partial charge in [-0.05, 0) is 12.8 Å². The molecule has 5 heteroatoms. The predicted octanol–water partition coefficient (Wildman–Crippen LogP) is 2.06. The molecule has 0 aliphatic heterocycles. The maximum atomic E-state index is 11.6. The maximum absolute atomic E-state index is 11.6. The molecule has 1 heterocycles. The molecular formula is C11H18N2OS2. The van der Waals surface area contributed by atoms with Gasteiger partial charge in [-0.25, -0.2) is 4.98 Å². The van der Waals surface area contributed by atoms with E-state index in [2.05, 4.69) is 22.9 Å². The molecule has 1 atom stereocenters. The maximum Gasteiger partial charge on any atom is 0.233 e. The molecule has 0 aliphatic carbocycles. The summed E-state index contributed by atoms with van der Waals surface area (Å²) < 4.78 is 0. The summed E-state index contributed by atoms with van der Waals surface area (Å²) in [7, 11) is 0. The Morgan fingerprint density at radius 3 is 2.81 bits per heavy atom. The molecule has 1 aromatic heterocycles. The van der Waals surface area contributed by atoms with Crippen LogP contribution in [-0.2, 0) is 11.2 Å². The molecule has 0 saturated carbocycles. The molecule has 1 unspecified atom stereocenters.